The monoisotopic (exact) mass is 302 g/mol. The molecule has 0 spiro atoms. The summed E-state index contributed by atoms with van der Waals surface area (Å²) in [5.74, 6) is 0.442. The molecule has 0 saturated heterocycles. The molecule has 3 heteroatoms. The highest BCUT2D eigenvalue weighted by atomic mass is 79.9. The first-order chi connectivity index (χ1) is 8.79. The minimum atomic E-state index is -0.724. The van der Waals surface area contributed by atoms with Crippen molar-refractivity contribution < 1.29 is 9.53 Å². The lowest BCUT2D eigenvalue weighted by atomic mass is 9.77. The number of carbonyl (C=O) groups is 1. The molecule has 0 aliphatic carbocycles. The Bertz CT molecular complexity index is 594. The third kappa shape index (κ3) is 1.44. The predicted molar refractivity (Wildman–Crippen MR) is 73.1 cm³/mol. The molecule has 0 radical (unpaired) electrons. The van der Waals surface area contributed by atoms with Gasteiger partial charge in [-0.15, -0.1) is 0 Å². The summed E-state index contributed by atoms with van der Waals surface area (Å²) in [5.41, 5.74) is 1.16. The van der Waals surface area contributed by atoms with Gasteiger partial charge in [0.15, 0.2) is 0 Å². The maximum Gasteiger partial charge on any atom is 0.327 e. The Morgan fingerprint density at radius 3 is 2.39 bits per heavy atom. The van der Waals surface area contributed by atoms with Crippen LogP contribution in [0.4, 0.5) is 0 Å². The van der Waals surface area contributed by atoms with E-state index in [1.54, 1.807) is 0 Å². The Balaban J connectivity index is 2.27. The number of para-hydroxylation sites is 1. The van der Waals surface area contributed by atoms with Gasteiger partial charge in [-0.3, -0.25) is 4.79 Å². The summed E-state index contributed by atoms with van der Waals surface area (Å²) in [7, 11) is 0. The number of esters is 1. The van der Waals surface area contributed by atoms with Crippen molar-refractivity contribution in [2.75, 3.05) is 5.33 Å². The van der Waals surface area contributed by atoms with E-state index in [4.69, 9.17) is 4.74 Å². The number of alkyl halides is 1. The fourth-order valence-corrected chi connectivity index (χ4v) is 3.26. The van der Waals surface area contributed by atoms with Crippen molar-refractivity contribution in [1.82, 2.24) is 0 Å². The molecule has 0 bridgehead atoms. The Morgan fingerprint density at radius 2 is 1.67 bits per heavy atom. The summed E-state index contributed by atoms with van der Waals surface area (Å²) in [4.78, 5) is 12.3. The van der Waals surface area contributed by atoms with Crippen LogP contribution in [0.3, 0.4) is 0 Å². The molecule has 0 fully saturated rings. The first-order valence-electron chi connectivity index (χ1n) is 5.72. The first kappa shape index (κ1) is 11.5. The zero-order valence-corrected chi connectivity index (χ0v) is 11.2. The molecular formula is C15H11BrO2. The van der Waals surface area contributed by atoms with Gasteiger partial charge >= 0.3 is 5.97 Å². The Labute approximate surface area is 114 Å². The molecule has 1 aliphatic heterocycles. The van der Waals surface area contributed by atoms with Crippen molar-refractivity contribution in [3.8, 4) is 5.75 Å². The lowest BCUT2D eigenvalue weighted by Crippen LogP contribution is -2.36. The molecule has 2 nitrogen and oxygen atoms in total. The van der Waals surface area contributed by atoms with Gasteiger partial charge in [0.25, 0.3) is 0 Å². The molecule has 2 aromatic carbocycles. The normalized spacial score (nSPS) is 21.5. The van der Waals surface area contributed by atoms with Crippen LogP contribution in [0.15, 0.2) is 54.6 Å². The SMILES string of the molecule is O=C1Oc2ccccc2[C@]1(CBr)c1ccccc1. The summed E-state index contributed by atoms with van der Waals surface area (Å²) in [6.07, 6.45) is 0. The lowest BCUT2D eigenvalue weighted by molar-refractivity contribution is -0.136. The van der Waals surface area contributed by atoms with E-state index in [0.717, 1.165) is 11.1 Å². The van der Waals surface area contributed by atoms with Crippen molar-refractivity contribution in [1.29, 1.82) is 0 Å². The van der Waals surface area contributed by atoms with Crippen molar-refractivity contribution in [2.24, 2.45) is 0 Å². The molecule has 0 unspecified atom stereocenters. The number of carbonyl (C=O) groups excluding carboxylic acids is 1. The second kappa shape index (κ2) is 4.25. The van der Waals surface area contributed by atoms with E-state index in [2.05, 4.69) is 15.9 Å². The third-order valence-electron chi connectivity index (χ3n) is 3.36. The largest absolute Gasteiger partial charge is 0.425 e. The van der Waals surface area contributed by atoms with E-state index in [0.29, 0.717) is 11.1 Å². The molecule has 0 amide bonds. The lowest BCUT2D eigenvalue weighted by Gasteiger charge is -2.23. The minimum absolute atomic E-state index is 0.216. The molecule has 0 saturated carbocycles. The van der Waals surface area contributed by atoms with Crippen LogP contribution in [0.1, 0.15) is 11.1 Å². The molecule has 90 valence electrons. The summed E-state index contributed by atoms with van der Waals surface area (Å²) >= 11 is 3.48. The van der Waals surface area contributed by atoms with E-state index < -0.39 is 5.41 Å². The standard InChI is InChI=1S/C15H11BrO2/c16-10-15(11-6-2-1-3-7-11)12-8-4-5-9-13(12)18-14(15)17/h1-9H,10H2/t15-/m0/s1. The van der Waals surface area contributed by atoms with Gasteiger partial charge in [-0.05, 0) is 11.6 Å². The van der Waals surface area contributed by atoms with Crippen LogP contribution in [0.2, 0.25) is 0 Å². The Kier molecular flexibility index (Phi) is 2.71. The number of ether oxygens (including phenoxy) is 1. The van der Waals surface area contributed by atoms with Crippen LogP contribution >= 0.6 is 15.9 Å². The molecule has 3 rings (SSSR count). The molecule has 0 N–H and O–H groups in total. The Hall–Kier alpha value is -1.61. The number of fused-ring (bicyclic) bond motifs is 1. The van der Waals surface area contributed by atoms with E-state index >= 15 is 0 Å². The summed E-state index contributed by atoms with van der Waals surface area (Å²) < 4.78 is 5.40. The van der Waals surface area contributed by atoms with Crippen molar-refractivity contribution in [2.45, 2.75) is 5.41 Å². The van der Waals surface area contributed by atoms with Crippen molar-refractivity contribution >= 4 is 21.9 Å². The first-order valence-corrected chi connectivity index (χ1v) is 6.84. The van der Waals surface area contributed by atoms with Gasteiger partial charge in [-0.1, -0.05) is 64.5 Å². The zero-order valence-electron chi connectivity index (χ0n) is 9.60. The van der Waals surface area contributed by atoms with Crippen molar-refractivity contribution in [3.63, 3.8) is 0 Å². The molecular weight excluding hydrogens is 292 g/mol. The van der Waals surface area contributed by atoms with E-state index in [9.17, 15) is 4.79 Å². The van der Waals surface area contributed by atoms with Crippen LogP contribution in [-0.4, -0.2) is 11.3 Å². The van der Waals surface area contributed by atoms with E-state index in [1.807, 2.05) is 54.6 Å². The fourth-order valence-electron chi connectivity index (χ4n) is 2.40. The van der Waals surface area contributed by atoms with Crippen LogP contribution in [0.25, 0.3) is 0 Å². The smallest absolute Gasteiger partial charge is 0.327 e. The topological polar surface area (TPSA) is 26.3 Å². The number of hydrogen-bond donors (Lipinski definition) is 0. The van der Waals surface area contributed by atoms with Crippen LogP contribution in [0, 0.1) is 0 Å². The van der Waals surface area contributed by atoms with Gasteiger partial charge in [0.05, 0.1) is 0 Å². The highest BCUT2D eigenvalue weighted by Gasteiger charge is 2.49. The van der Waals surface area contributed by atoms with E-state index in [-0.39, 0.29) is 5.97 Å². The summed E-state index contributed by atoms with van der Waals surface area (Å²) in [6.45, 7) is 0. The van der Waals surface area contributed by atoms with Crippen LogP contribution in [0.5, 0.6) is 5.75 Å². The van der Waals surface area contributed by atoms with Gasteiger partial charge in [0.1, 0.15) is 11.2 Å². The second-order valence-corrected chi connectivity index (χ2v) is 4.85. The fraction of sp³-hybridized carbons (Fsp3) is 0.133. The molecule has 0 aromatic heterocycles. The number of rotatable bonds is 2. The maximum atomic E-state index is 12.3. The number of benzene rings is 2. The summed E-state index contributed by atoms with van der Waals surface area (Å²) in [5, 5.41) is 0.514. The van der Waals surface area contributed by atoms with Crippen LogP contribution in [-0.2, 0) is 10.2 Å². The second-order valence-electron chi connectivity index (χ2n) is 4.29. The predicted octanol–water partition coefficient (Wildman–Crippen LogP) is 3.29. The van der Waals surface area contributed by atoms with E-state index in [1.165, 1.54) is 0 Å². The molecule has 2 aromatic rings. The van der Waals surface area contributed by atoms with Gasteiger partial charge in [-0.25, -0.2) is 0 Å². The summed E-state index contributed by atoms with van der Waals surface area (Å²) in [6, 6.07) is 17.3. The van der Waals surface area contributed by atoms with Gasteiger partial charge in [0.2, 0.25) is 0 Å². The van der Waals surface area contributed by atoms with Gasteiger partial charge < -0.3 is 4.74 Å². The number of halogens is 1. The highest BCUT2D eigenvalue weighted by Crippen LogP contribution is 2.45. The zero-order chi connectivity index (χ0) is 12.6. The highest BCUT2D eigenvalue weighted by molar-refractivity contribution is 9.09. The van der Waals surface area contributed by atoms with Gasteiger partial charge in [0, 0.05) is 10.9 Å². The molecule has 18 heavy (non-hydrogen) atoms. The average molecular weight is 303 g/mol. The minimum Gasteiger partial charge on any atom is -0.425 e. The Morgan fingerprint density at radius 1 is 1.00 bits per heavy atom. The van der Waals surface area contributed by atoms with Crippen molar-refractivity contribution in [3.05, 3.63) is 65.7 Å². The quantitative estimate of drug-likeness (QED) is 0.483. The van der Waals surface area contributed by atoms with Crippen LogP contribution < -0.4 is 4.74 Å². The van der Waals surface area contributed by atoms with Gasteiger partial charge in [-0.2, -0.15) is 0 Å². The maximum absolute atomic E-state index is 12.3. The molecule has 1 aliphatic rings. The molecule has 1 heterocycles. The average Bonchev–Trinajstić information content (AvgIpc) is 2.72. The third-order valence-corrected chi connectivity index (χ3v) is 4.21. The number of hydrogen-bond acceptors (Lipinski definition) is 2. The molecule has 1 atom stereocenters.